The Morgan fingerprint density at radius 3 is 3.00 bits per heavy atom. The van der Waals surface area contributed by atoms with Crippen LogP contribution in [0.3, 0.4) is 0 Å². The first-order valence-corrected chi connectivity index (χ1v) is 6.05. The van der Waals surface area contributed by atoms with Crippen molar-refractivity contribution in [3.63, 3.8) is 0 Å². The molecule has 1 unspecified atom stereocenters. The largest absolute Gasteiger partial charge is 0.477 e. The van der Waals surface area contributed by atoms with Crippen molar-refractivity contribution >= 4 is 11.6 Å². The first kappa shape index (κ1) is 11.9. The lowest BCUT2D eigenvalue weighted by atomic mass is 10.1. The SMILES string of the molecule is CCCCc1ccc2c(c1)NC(=O)C(CN)O2. The van der Waals surface area contributed by atoms with E-state index in [1.807, 2.05) is 18.2 Å². The molecule has 0 radical (unpaired) electrons. The van der Waals surface area contributed by atoms with E-state index in [2.05, 4.69) is 12.2 Å². The highest BCUT2D eigenvalue weighted by Gasteiger charge is 2.26. The van der Waals surface area contributed by atoms with Crippen LogP contribution < -0.4 is 15.8 Å². The third kappa shape index (κ3) is 2.58. The van der Waals surface area contributed by atoms with Gasteiger partial charge >= 0.3 is 0 Å². The Morgan fingerprint density at radius 2 is 2.29 bits per heavy atom. The normalized spacial score (nSPS) is 18.2. The minimum Gasteiger partial charge on any atom is -0.477 e. The third-order valence-corrected chi connectivity index (χ3v) is 2.90. The van der Waals surface area contributed by atoms with Crippen LogP contribution in [0.2, 0.25) is 0 Å². The molecule has 4 nitrogen and oxygen atoms in total. The Balaban J connectivity index is 2.17. The monoisotopic (exact) mass is 234 g/mol. The molecule has 1 atom stereocenters. The number of rotatable bonds is 4. The van der Waals surface area contributed by atoms with Crippen molar-refractivity contribution < 1.29 is 9.53 Å². The van der Waals surface area contributed by atoms with Crippen LogP contribution in [-0.2, 0) is 11.2 Å². The van der Waals surface area contributed by atoms with Gasteiger partial charge in [0.15, 0.2) is 6.10 Å². The topological polar surface area (TPSA) is 64.4 Å². The number of benzene rings is 1. The van der Waals surface area contributed by atoms with Gasteiger partial charge in [0.05, 0.1) is 5.69 Å². The fourth-order valence-electron chi connectivity index (χ4n) is 1.89. The van der Waals surface area contributed by atoms with Crippen molar-refractivity contribution in [2.45, 2.75) is 32.3 Å². The van der Waals surface area contributed by atoms with Gasteiger partial charge < -0.3 is 15.8 Å². The molecule has 1 aromatic carbocycles. The number of aryl methyl sites for hydroxylation is 1. The molecule has 0 bridgehead atoms. The van der Waals surface area contributed by atoms with Gasteiger partial charge in [-0.05, 0) is 30.5 Å². The van der Waals surface area contributed by atoms with Gasteiger partial charge in [0.1, 0.15) is 5.75 Å². The van der Waals surface area contributed by atoms with Crippen LogP contribution >= 0.6 is 0 Å². The van der Waals surface area contributed by atoms with Crippen molar-refractivity contribution in [2.24, 2.45) is 5.73 Å². The van der Waals surface area contributed by atoms with Gasteiger partial charge in [0.25, 0.3) is 5.91 Å². The van der Waals surface area contributed by atoms with E-state index in [0.717, 1.165) is 24.9 Å². The second-order valence-corrected chi connectivity index (χ2v) is 4.27. The Morgan fingerprint density at radius 1 is 1.47 bits per heavy atom. The summed E-state index contributed by atoms with van der Waals surface area (Å²) >= 11 is 0. The van der Waals surface area contributed by atoms with E-state index in [9.17, 15) is 4.79 Å². The smallest absolute Gasteiger partial charge is 0.266 e. The Labute approximate surface area is 101 Å². The minimum atomic E-state index is -0.566. The zero-order chi connectivity index (χ0) is 12.3. The minimum absolute atomic E-state index is 0.160. The van der Waals surface area contributed by atoms with E-state index >= 15 is 0 Å². The summed E-state index contributed by atoms with van der Waals surface area (Å²) < 4.78 is 5.52. The van der Waals surface area contributed by atoms with Crippen molar-refractivity contribution in [2.75, 3.05) is 11.9 Å². The molecule has 0 fully saturated rings. The lowest BCUT2D eigenvalue weighted by Gasteiger charge is -2.25. The molecule has 2 rings (SSSR count). The number of fused-ring (bicyclic) bond motifs is 1. The summed E-state index contributed by atoms with van der Waals surface area (Å²) in [4.78, 5) is 11.6. The Bertz CT molecular complexity index is 418. The van der Waals surface area contributed by atoms with Crippen LogP contribution in [-0.4, -0.2) is 18.6 Å². The number of nitrogens with one attached hydrogen (secondary N) is 1. The predicted octanol–water partition coefficient (Wildman–Crippen LogP) is 1.69. The number of anilines is 1. The first-order chi connectivity index (χ1) is 8.24. The summed E-state index contributed by atoms with van der Waals surface area (Å²) in [5.41, 5.74) is 7.44. The van der Waals surface area contributed by atoms with Crippen LogP contribution in [0.4, 0.5) is 5.69 Å². The second kappa shape index (κ2) is 5.19. The highest BCUT2D eigenvalue weighted by molar-refractivity contribution is 5.97. The first-order valence-electron chi connectivity index (χ1n) is 6.05. The van der Waals surface area contributed by atoms with Crippen molar-refractivity contribution in [3.05, 3.63) is 23.8 Å². The molecule has 92 valence electrons. The van der Waals surface area contributed by atoms with Crippen molar-refractivity contribution in [1.82, 2.24) is 0 Å². The molecule has 1 heterocycles. The van der Waals surface area contributed by atoms with E-state index in [1.54, 1.807) is 0 Å². The van der Waals surface area contributed by atoms with Gasteiger partial charge in [-0.15, -0.1) is 0 Å². The fourth-order valence-corrected chi connectivity index (χ4v) is 1.89. The molecule has 0 saturated carbocycles. The summed E-state index contributed by atoms with van der Waals surface area (Å²) in [6.07, 6.45) is 2.78. The number of nitrogens with two attached hydrogens (primary N) is 1. The molecule has 0 aliphatic carbocycles. The molecule has 1 amide bonds. The summed E-state index contributed by atoms with van der Waals surface area (Å²) in [6, 6.07) is 5.93. The Kier molecular flexibility index (Phi) is 3.64. The average molecular weight is 234 g/mol. The highest BCUT2D eigenvalue weighted by atomic mass is 16.5. The van der Waals surface area contributed by atoms with Crippen LogP contribution in [0.5, 0.6) is 5.75 Å². The molecule has 4 heteroatoms. The van der Waals surface area contributed by atoms with Crippen molar-refractivity contribution in [1.29, 1.82) is 0 Å². The van der Waals surface area contributed by atoms with Crippen LogP contribution in [0.15, 0.2) is 18.2 Å². The number of carbonyl (C=O) groups is 1. The van der Waals surface area contributed by atoms with Crippen LogP contribution in [0.25, 0.3) is 0 Å². The van der Waals surface area contributed by atoms with Gasteiger partial charge in [0.2, 0.25) is 0 Å². The van der Waals surface area contributed by atoms with Gasteiger partial charge in [-0.25, -0.2) is 0 Å². The quantitative estimate of drug-likeness (QED) is 0.833. The summed E-state index contributed by atoms with van der Waals surface area (Å²) in [6.45, 7) is 2.36. The standard InChI is InChI=1S/C13H18N2O2/c1-2-3-4-9-5-6-11-10(7-9)15-13(16)12(8-14)17-11/h5-7,12H,2-4,8,14H2,1H3,(H,15,16). The number of amides is 1. The maximum atomic E-state index is 11.6. The van der Waals surface area contributed by atoms with E-state index < -0.39 is 6.10 Å². The zero-order valence-corrected chi connectivity index (χ0v) is 10.0. The summed E-state index contributed by atoms with van der Waals surface area (Å²) in [7, 11) is 0. The molecule has 3 N–H and O–H groups in total. The molecule has 1 aromatic rings. The number of carbonyl (C=O) groups excluding carboxylic acids is 1. The zero-order valence-electron chi connectivity index (χ0n) is 10.0. The molecular formula is C13H18N2O2. The lowest BCUT2D eigenvalue weighted by Crippen LogP contribution is -2.42. The maximum Gasteiger partial charge on any atom is 0.266 e. The number of hydrogen-bond donors (Lipinski definition) is 2. The number of hydrogen-bond acceptors (Lipinski definition) is 3. The molecule has 1 aliphatic rings. The fraction of sp³-hybridized carbons (Fsp3) is 0.462. The second-order valence-electron chi connectivity index (χ2n) is 4.27. The van der Waals surface area contributed by atoms with Crippen molar-refractivity contribution in [3.8, 4) is 5.75 Å². The predicted molar refractivity (Wildman–Crippen MR) is 67.2 cm³/mol. The molecule has 0 spiro atoms. The summed E-state index contributed by atoms with van der Waals surface area (Å²) in [5.74, 6) is 0.549. The van der Waals surface area contributed by atoms with Crippen LogP contribution in [0.1, 0.15) is 25.3 Å². The lowest BCUT2D eigenvalue weighted by molar-refractivity contribution is -0.123. The van der Waals surface area contributed by atoms with Gasteiger partial charge in [-0.2, -0.15) is 0 Å². The maximum absolute atomic E-state index is 11.6. The number of ether oxygens (including phenoxy) is 1. The average Bonchev–Trinajstić information content (AvgIpc) is 2.35. The van der Waals surface area contributed by atoms with Crippen LogP contribution in [0, 0.1) is 0 Å². The van der Waals surface area contributed by atoms with E-state index in [0.29, 0.717) is 5.75 Å². The molecular weight excluding hydrogens is 216 g/mol. The highest BCUT2D eigenvalue weighted by Crippen LogP contribution is 2.30. The third-order valence-electron chi connectivity index (χ3n) is 2.90. The number of unbranched alkanes of at least 4 members (excludes halogenated alkanes) is 1. The molecule has 0 aromatic heterocycles. The molecule has 1 aliphatic heterocycles. The Hall–Kier alpha value is -1.55. The summed E-state index contributed by atoms with van der Waals surface area (Å²) in [5, 5.41) is 2.83. The van der Waals surface area contributed by atoms with Gasteiger partial charge in [-0.1, -0.05) is 19.4 Å². The molecule has 17 heavy (non-hydrogen) atoms. The van der Waals surface area contributed by atoms with E-state index in [4.69, 9.17) is 10.5 Å². The van der Waals surface area contributed by atoms with E-state index in [-0.39, 0.29) is 12.5 Å². The van der Waals surface area contributed by atoms with E-state index in [1.165, 1.54) is 5.56 Å². The van der Waals surface area contributed by atoms with Gasteiger partial charge in [-0.3, -0.25) is 4.79 Å². The molecule has 0 saturated heterocycles. The van der Waals surface area contributed by atoms with Gasteiger partial charge in [0, 0.05) is 6.54 Å².